The van der Waals surface area contributed by atoms with Gasteiger partial charge in [-0.25, -0.2) is 0 Å². The van der Waals surface area contributed by atoms with Crippen LogP contribution in [-0.4, -0.2) is 25.0 Å². The molecule has 1 saturated carbocycles. The van der Waals surface area contributed by atoms with E-state index in [4.69, 9.17) is 15.0 Å². The Morgan fingerprint density at radius 3 is 2.85 bits per heavy atom. The molecule has 2 aliphatic rings. The summed E-state index contributed by atoms with van der Waals surface area (Å²) in [6.07, 6.45) is 3.63. The molecular weight excluding hydrogens is 170 g/mol. The van der Waals surface area contributed by atoms with E-state index in [1.807, 2.05) is 0 Å². The summed E-state index contributed by atoms with van der Waals surface area (Å²) in [7, 11) is 0. The second-order valence-electron chi connectivity index (χ2n) is 3.56. The molecular formula is C8H13N3O2. The van der Waals surface area contributed by atoms with Crippen molar-refractivity contribution >= 4 is 0 Å². The zero-order valence-electron chi connectivity index (χ0n) is 7.48. The van der Waals surface area contributed by atoms with Crippen molar-refractivity contribution in [3.05, 3.63) is 10.4 Å². The number of rotatable bonds is 1. The van der Waals surface area contributed by atoms with Crippen molar-refractivity contribution in [3.8, 4) is 0 Å². The lowest BCUT2D eigenvalue weighted by molar-refractivity contribution is -0.179. The fourth-order valence-electron chi connectivity index (χ4n) is 2.10. The first-order valence-electron chi connectivity index (χ1n) is 4.67. The molecule has 1 unspecified atom stereocenters. The van der Waals surface area contributed by atoms with Gasteiger partial charge in [0.2, 0.25) is 0 Å². The van der Waals surface area contributed by atoms with Crippen LogP contribution in [0.15, 0.2) is 5.11 Å². The molecule has 1 saturated heterocycles. The summed E-state index contributed by atoms with van der Waals surface area (Å²) in [4.78, 5) is 2.83. The van der Waals surface area contributed by atoms with Crippen molar-refractivity contribution in [1.29, 1.82) is 0 Å². The van der Waals surface area contributed by atoms with Crippen LogP contribution in [0.4, 0.5) is 0 Å². The van der Waals surface area contributed by atoms with Gasteiger partial charge < -0.3 is 9.47 Å². The minimum atomic E-state index is -0.420. The van der Waals surface area contributed by atoms with E-state index in [9.17, 15) is 0 Å². The van der Waals surface area contributed by atoms with Crippen molar-refractivity contribution in [1.82, 2.24) is 0 Å². The van der Waals surface area contributed by atoms with E-state index in [1.54, 1.807) is 0 Å². The maximum atomic E-state index is 8.33. The highest BCUT2D eigenvalue weighted by Crippen LogP contribution is 2.36. The zero-order chi connectivity index (χ0) is 9.15. The van der Waals surface area contributed by atoms with E-state index in [0.29, 0.717) is 13.2 Å². The Morgan fingerprint density at radius 1 is 1.38 bits per heavy atom. The number of hydrogen-bond acceptors (Lipinski definition) is 3. The van der Waals surface area contributed by atoms with E-state index < -0.39 is 5.79 Å². The maximum Gasteiger partial charge on any atom is 0.168 e. The lowest BCUT2D eigenvalue weighted by Gasteiger charge is -2.34. The Morgan fingerprint density at radius 2 is 2.15 bits per heavy atom. The number of azide groups is 1. The van der Waals surface area contributed by atoms with Crippen LogP contribution in [0.3, 0.4) is 0 Å². The molecule has 1 aliphatic heterocycles. The van der Waals surface area contributed by atoms with E-state index in [-0.39, 0.29) is 6.04 Å². The fraction of sp³-hybridized carbons (Fsp3) is 1.00. The molecule has 0 aromatic rings. The lowest BCUT2D eigenvalue weighted by atomic mass is 9.90. The molecule has 0 amide bonds. The molecule has 5 nitrogen and oxygen atoms in total. The van der Waals surface area contributed by atoms with Crippen LogP contribution in [-0.2, 0) is 9.47 Å². The van der Waals surface area contributed by atoms with Gasteiger partial charge in [-0.1, -0.05) is 5.11 Å². The molecule has 0 bridgehead atoms. The van der Waals surface area contributed by atoms with E-state index >= 15 is 0 Å². The first-order valence-corrected chi connectivity index (χ1v) is 4.67. The van der Waals surface area contributed by atoms with Gasteiger partial charge in [0, 0.05) is 23.8 Å². The normalized spacial score (nSPS) is 31.5. The fourth-order valence-corrected chi connectivity index (χ4v) is 2.10. The van der Waals surface area contributed by atoms with E-state index in [1.165, 1.54) is 0 Å². The topological polar surface area (TPSA) is 67.2 Å². The minimum absolute atomic E-state index is 0.0526. The van der Waals surface area contributed by atoms with Crippen molar-refractivity contribution in [2.24, 2.45) is 5.11 Å². The molecule has 13 heavy (non-hydrogen) atoms. The van der Waals surface area contributed by atoms with Crippen molar-refractivity contribution < 1.29 is 9.47 Å². The first kappa shape index (κ1) is 8.81. The highest BCUT2D eigenvalue weighted by atomic mass is 16.7. The van der Waals surface area contributed by atoms with Crippen molar-refractivity contribution in [2.45, 2.75) is 37.5 Å². The van der Waals surface area contributed by atoms with Crippen LogP contribution >= 0.6 is 0 Å². The molecule has 0 N–H and O–H groups in total. The van der Waals surface area contributed by atoms with Gasteiger partial charge in [-0.3, -0.25) is 0 Å². The Hall–Kier alpha value is -0.770. The van der Waals surface area contributed by atoms with Gasteiger partial charge in [-0.05, 0) is 18.4 Å². The summed E-state index contributed by atoms with van der Waals surface area (Å²) in [6.45, 7) is 1.34. The molecule has 2 rings (SSSR count). The third kappa shape index (κ3) is 1.77. The molecule has 72 valence electrons. The molecule has 0 aromatic heterocycles. The minimum Gasteiger partial charge on any atom is -0.348 e. The Labute approximate surface area is 76.6 Å². The Kier molecular flexibility index (Phi) is 2.40. The number of hydrogen-bond donors (Lipinski definition) is 0. The highest BCUT2D eigenvalue weighted by molar-refractivity contribution is 4.86. The van der Waals surface area contributed by atoms with Gasteiger partial charge in [-0.15, -0.1) is 0 Å². The molecule has 1 spiro atoms. The molecule has 1 atom stereocenters. The van der Waals surface area contributed by atoms with Crippen molar-refractivity contribution in [3.63, 3.8) is 0 Å². The van der Waals surface area contributed by atoms with Crippen LogP contribution in [0, 0.1) is 0 Å². The molecule has 5 heteroatoms. The largest absolute Gasteiger partial charge is 0.348 e. The third-order valence-corrected chi connectivity index (χ3v) is 2.67. The summed E-state index contributed by atoms with van der Waals surface area (Å²) in [5, 5.41) is 3.72. The first-order chi connectivity index (χ1) is 6.35. The monoisotopic (exact) mass is 183 g/mol. The summed E-state index contributed by atoms with van der Waals surface area (Å²) < 4.78 is 11.1. The standard InChI is InChI=1S/C8H13N3O2/c9-11-10-7-2-1-3-8(6-7)12-4-5-13-8/h7H,1-6H2. The van der Waals surface area contributed by atoms with Gasteiger partial charge in [0.25, 0.3) is 0 Å². The Bertz CT molecular complexity index is 232. The number of ether oxygens (including phenoxy) is 2. The highest BCUT2D eigenvalue weighted by Gasteiger charge is 2.40. The lowest BCUT2D eigenvalue weighted by Crippen LogP contribution is -2.37. The average molecular weight is 183 g/mol. The SMILES string of the molecule is [N-]=[N+]=NC1CCCC2(C1)OCCO2. The van der Waals surface area contributed by atoms with Crippen molar-refractivity contribution in [2.75, 3.05) is 13.2 Å². The van der Waals surface area contributed by atoms with Crippen LogP contribution < -0.4 is 0 Å². The summed E-state index contributed by atoms with van der Waals surface area (Å²) in [5.41, 5.74) is 8.33. The van der Waals surface area contributed by atoms with Gasteiger partial charge in [0.05, 0.1) is 13.2 Å². The second-order valence-corrected chi connectivity index (χ2v) is 3.56. The molecule has 0 radical (unpaired) electrons. The quantitative estimate of drug-likeness (QED) is 0.354. The predicted octanol–water partition coefficient (Wildman–Crippen LogP) is 1.98. The summed E-state index contributed by atoms with van der Waals surface area (Å²) in [6, 6.07) is 0.0526. The van der Waals surface area contributed by atoms with Gasteiger partial charge in [-0.2, -0.15) is 0 Å². The smallest absolute Gasteiger partial charge is 0.168 e. The maximum absolute atomic E-state index is 8.33. The number of nitrogens with zero attached hydrogens (tertiary/aromatic N) is 3. The van der Waals surface area contributed by atoms with Gasteiger partial charge in [0.15, 0.2) is 5.79 Å². The van der Waals surface area contributed by atoms with Gasteiger partial charge in [0.1, 0.15) is 0 Å². The second kappa shape index (κ2) is 3.54. The van der Waals surface area contributed by atoms with Crippen LogP contribution in [0.1, 0.15) is 25.7 Å². The van der Waals surface area contributed by atoms with Crippen LogP contribution in [0.5, 0.6) is 0 Å². The van der Waals surface area contributed by atoms with E-state index in [2.05, 4.69) is 10.0 Å². The summed E-state index contributed by atoms with van der Waals surface area (Å²) in [5.74, 6) is -0.420. The molecule has 0 aromatic carbocycles. The molecule has 2 fully saturated rings. The third-order valence-electron chi connectivity index (χ3n) is 2.67. The summed E-state index contributed by atoms with van der Waals surface area (Å²) >= 11 is 0. The molecule has 1 aliphatic carbocycles. The van der Waals surface area contributed by atoms with Crippen LogP contribution in [0.25, 0.3) is 10.4 Å². The Balaban J connectivity index is 2.02. The predicted molar refractivity (Wildman–Crippen MR) is 46.0 cm³/mol. The average Bonchev–Trinajstić information content (AvgIpc) is 2.54. The van der Waals surface area contributed by atoms with Gasteiger partial charge >= 0.3 is 0 Å². The van der Waals surface area contributed by atoms with Crippen LogP contribution in [0.2, 0.25) is 0 Å². The van der Waals surface area contributed by atoms with E-state index in [0.717, 1.165) is 25.7 Å². The zero-order valence-corrected chi connectivity index (χ0v) is 7.48. The molecule has 1 heterocycles.